The van der Waals surface area contributed by atoms with Gasteiger partial charge in [-0.3, -0.25) is 9.48 Å². The summed E-state index contributed by atoms with van der Waals surface area (Å²) in [5.74, 6) is -0.102. The molecule has 1 saturated heterocycles. The number of rotatable bonds is 4. The Balaban J connectivity index is 1.57. The molecule has 0 bridgehead atoms. The maximum Gasteiger partial charge on any atom is 0.271 e. The first-order valence-electron chi connectivity index (χ1n) is 7.31. The zero-order valence-electron chi connectivity index (χ0n) is 12.4. The Hall–Kier alpha value is -1.67. The molecule has 1 aliphatic heterocycles. The molecule has 0 spiro atoms. The SMILES string of the molecule is CN1CCC(NC(=O)c2ccn(Cn3cc(Br)cn3)n2)CC1. The number of carbonyl (C=O) groups is 1. The summed E-state index contributed by atoms with van der Waals surface area (Å²) in [7, 11) is 2.10. The third-order valence-corrected chi connectivity index (χ3v) is 4.23. The van der Waals surface area contributed by atoms with Crippen LogP contribution in [-0.2, 0) is 6.67 Å². The molecule has 1 amide bonds. The summed E-state index contributed by atoms with van der Waals surface area (Å²) in [6.07, 6.45) is 7.35. The van der Waals surface area contributed by atoms with Crippen molar-refractivity contribution in [2.75, 3.05) is 20.1 Å². The van der Waals surface area contributed by atoms with Gasteiger partial charge in [0.2, 0.25) is 0 Å². The summed E-state index contributed by atoms with van der Waals surface area (Å²) < 4.78 is 4.36. The maximum atomic E-state index is 12.2. The van der Waals surface area contributed by atoms with Gasteiger partial charge < -0.3 is 10.2 Å². The van der Waals surface area contributed by atoms with Crippen LogP contribution in [0.25, 0.3) is 0 Å². The second-order valence-corrected chi connectivity index (χ2v) is 6.55. The number of halogens is 1. The lowest BCUT2D eigenvalue weighted by molar-refractivity contribution is 0.0910. The van der Waals surface area contributed by atoms with Crippen molar-refractivity contribution < 1.29 is 4.79 Å². The Kier molecular flexibility index (Phi) is 4.58. The molecule has 0 aliphatic carbocycles. The number of aromatic nitrogens is 4. The molecule has 8 heteroatoms. The molecule has 0 aromatic carbocycles. The number of nitrogens with zero attached hydrogens (tertiary/aromatic N) is 5. The van der Waals surface area contributed by atoms with Crippen molar-refractivity contribution in [3.63, 3.8) is 0 Å². The molecular formula is C14H19BrN6O. The quantitative estimate of drug-likeness (QED) is 0.881. The normalized spacial score (nSPS) is 16.8. The van der Waals surface area contributed by atoms with Crippen LogP contribution in [0.15, 0.2) is 29.1 Å². The van der Waals surface area contributed by atoms with Crippen molar-refractivity contribution >= 4 is 21.8 Å². The van der Waals surface area contributed by atoms with Gasteiger partial charge in [0.15, 0.2) is 0 Å². The van der Waals surface area contributed by atoms with Crippen molar-refractivity contribution in [3.8, 4) is 0 Å². The van der Waals surface area contributed by atoms with Crippen molar-refractivity contribution in [2.45, 2.75) is 25.6 Å². The fraction of sp³-hybridized carbons (Fsp3) is 0.500. The van der Waals surface area contributed by atoms with E-state index in [1.807, 2.05) is 6.20 Å². The number of amides is 1. The fourth-order valence-electron chi connectivity index (χ4n) is 2.54. The number of piperidine rings is 1. The predicted octanol–water partition coefficient (Wildman–Crippen LogP) is 1.17. The fourth-order valence-corrected chi connectivity index (χ4v) is 2.87. The smallest absolute Gasteiger partial charge is 0.271 e. The van der Waals surface area contributed by atoms with Gasteiger partial charge in [-0.15, -0.1) is 0 Å². The monoisotopic (exact) mass is 366 g/mol. The lowest BCUT2D eigenvalue weighted by atomic mass is 10.1. The average Bonchev–Trinajstić information content (AvgIpc) is 3.11. The standard InChI is InChI=1S/C14H19BrN6O/c1-19-5-2-12(3-6-19)17-14(22)13-4-7-20(18-13)10-21-9-11(15)8-16-21/h4,7-9,12H,2-3,5-6,10H2,1H3,(H,17,22). The minimum atomic E-state index is -0.102. The molecule has 2 aromatic rings. The van der Waals surface area contributed by atoms with Gasteiger partial charge >= 0.3 is 0 Å². The van der Waals surface area contributed by atoms with Gasteiger partial charge in [-0.1, -0.05) is 0 Å². The van der Waals surface area contributed by atoms with Crippen LogP contribution >= 0.6 is 15.9 Å². The number of carbonyl (C=O) groups excluding carboxylic acids is 1. The van der Waals surface area contributed by atoms with Crippen LogP contribution in [0.3, 0.4) is 0 Å². The van der Waals surface area contributed by atoms with Gasteiger partial charge in [0.05, 0.1) is 10.7 Å². The van der Waals surface area contributed by atoms with Crippen molar-refractivity contribution in [1.29, 1.82) is 0 Å². The molecule has 1 fully saturated rings. The van der Waals surface area contributed by atoms with E-state index in [0.717, 1.165) is 30.4 Å². The van der Waals surface area contributed by atoms with E-state index in [1.165, 1.54) is 0 Å². The van der Waals surface area contributed by atoms with Crippen molar-refractivity contribution in [2.24, 2.45) is 0 Å². The van der Waals surface area contributed by atoms with Gasteiger partial charge in [0.25, 0.3) is 5.91 Å². The Labute approximate surface area is 137 Å². The summed E-state index contributed by atoms with van der Waals surface area (Å²) in [6, 6.07) is 1.99. The van der Waals surface area contributed by atoms with Gasteiger partial charge in [-0.2, -0.15) is 10.2 Å². The van der Waals surface area contributed by atoms with Crippen molar-refractivity contribution in [1.82, 2.24) is 29.8 Å². The molecule has 3 rings (SSSR count). The second kappa shape index (κ2) is 6.62. The lowest BCUT2D eigenvalue weighted by Crippen LogP contribution is -2.43. The van der Waals surface area contributed by atoms with E-state index in [1.54, 1.807) is 27.8 Å². The molecule has 0 radical (unpaired) electrons. The topological polar surface area (TPSA) is 68.0 Å². The van der Waals surface area contributed by atoms with Crippen LogP contribution in [0.1, 0.15) is 23.3 Å². The van der Waals surface area contributed by atoms with Gasteiger partial charge in [-0.05, 0) is 55.0 Å². The first-order valence-corrected chi connectivity index (χ1v) is 8.10. The average molecular weight is 367 g/mol. The molecule has 7 nitrogen and oxygen atoms in total. The summed E-state index contributed by atoms with van der Waals surface area (Å²) in [6.45, 7) is 2.52. The molecular weight excluding hydrogens is 348 g/mol. The van der Waals surface area contributed by atoms with Crippen LogP contribution in [0.4, 0.5) is 0 Å². The van der Waals surface area contributed by atoms with Crippen LogP contribution in [0.2, 0.25) is 0 Å². The summed E-state index contributed by atoms with van der Waals surface area (Å²) in [5, 5.41) is 11.5. The lowest BCUT2D eigenvalue weighted by Gasteiger charge is -2.29. The van der Waals surface area contributed by atoms with E-state index in [2.05, 4.69) is 43.4 Å². The molecule has 1 aliphatic rings. The highest BCUT2D eigenvalue weighted by molar-refractivity contribution is 9.10. The van der Waals surface area contributed by atoms with E-state index < -0.39 is 0 Å². The van der Waals surface area contributed by atoms with Gasteiger partial charge in [0.1, 0.15) is 12.4 Å². The first kappa shape index (κ1) is 15.2. The molecule has 0 unspecified atom stereocenters. The van der Waals surface area contributed by atoms with Crippen LogP contribution in [-0.4, -0.2) is 56.5 Å². The number of likely N-dealkylation sites (tertiary alicyclic amines) is 1. The van der Waals surface area contributed by atoms with Crippen LogP contribution in [0, 0.1) is 0 Å². The van der Waals surface area contributed by atoms with E-state index in [9.17, 15) is 4.79 Å². The largest absolute Gasteiger partial charge is 0.348 e. The van der Waals surface area contributed by atoms with E-state index >= 15 is 0 Å². The Morgan fingerprint density at radius 3 is 2.86 bits per heavy atom. The van der Waals surface area contributed by atoms with Crippen molar-refractivity contribution in [3.05, 3.63) is 34.8 Å². The molecule has 118 valence electrons. The summed E-state index contributed by atoms with van der Waals surface area (Å²) in [5.41, 5.74) is 0.449. The Morgan fingerprint density at radius 2 is 2.18 bits per heavy atom. The molecule has 2 aromatic heterocycles. The highest BCUT2D eigenvalue weighted by atomic mass is 79.9. The molecule has 3 heterocycles. The van der Waals surface area contributed by atoms with E-state index in [-0.39, 0.29) is 11.9 Å². The van der Waals surface area contributed by atoms with Crippen LogP contribution < -0.4 is 5.32 Å². The zero-order valence-corrected chi connectivity index (χ0v) is 14.0. The highest BCUT2D eigenvalue weighted by Crippen LogP contribution is 2.09. The Morgan fingerprint density at radius 1 is 1.41 bits per heavy atom. The minimum absolute atomic E-state index is 0.102. The summed E-state index contributed by atoms with van der Waals surface area (Å²) in [4.78, 5) is 14.5. The molecule has 1 N–H and O–H groups in total. The van der Waals surface area contributed by atoms with Crippen LogP contribution in [0.5, 0.6) is 0 Å². The predicted molar refractivity (Wildman–Crippen MR) is 85.5 cm³/mol. The molecule has 0 atom stereocenters. The maximum absolute atomic E-state index is 12.2. The number of hydrogen-bond donors (Lipinski definition) is 1. The first-order chi connectivity index (χ1) is 10.6. The number of hydrogen-bond acceptors (Lipinski definition) is 4. The zero-order chi connectivity index (χ0) is 15.5. The van der Waals surface area contributed by atoms with E-state index in [0.29, 0.717) is 12.4 Å². The number of nitrogens with one attached hydrogen (secondary N) is 1. The minimum Gasteiger partial charge on any atom is -0.348 e. The third-order valence-electron chi connectivity index (χ3n) is 3.82. The molecule has 22 heavy (non-hydrogen) atoms. The third kappa shape index (κ3) is 3.75. The summed E-state index contributed by atoms with van der Waals surface area (Å²) >= 11 is 3.35. The van der Waals surface area contributed by atoms with E-state index in [4.69, 9.17) is 0 Å². The highest BCUT2D eigenvalue weighted by Gasteiger charge is 2.20. The Bertz CT molecular complexity index is 643. The second-order valence-electron chi connectivity index (χ2n) is 5.63. The molecule has 0 saturated carbocycles. The van der Waals surface area contributed by atoms with Gasteiger partial charge in [0, 0.05) is 18.4 Å². The van der Waals surface area contributed by atoms with Gasteiger partial charge in [-0.25, -0.2) is 4.68 Å².